The SMILES string of the molecule is Cc1cc(C)cc(CC(N)c2ccc(Br)c(Cl)c2F)c1. The number of aryl methyl sites for hydroxylation is 2. The van der Waals surface area contributed by atoms with Crippen LogP contribution in [0.15, 0.2) is 34.8 Å². The molecule has 106 valence electrons. The number of hydrogen-bond acceptors (Lipinski definition) is 1. The molecule has 0 saturated carbocycles. The molecule has 0 heterocycles. The van der Waals surface area contributed by atoms with Crippen LogP contribution < -0.4 is 5.73 Å². The van der Waals surface area contributed by atoms with Crippen molar-refractivity contribution in [2.45, 2.75) is 26.3 Å². The lowest BCUT2D eigenvalue weighted by Gasteiger charge is -2.15. The van der Waals surface area contributed by atoms with Gasteiger partial charge in [-0.3, -0.25) is 0 Å². The molecule has 20 heavy (non-hydrogen) atoms. The highest BCUT2D eigenvalue weighted by atomic mass is 79.9. The summed E-state index contributed by atoms with van der Waals surface area (Å²) in [5.74, 6) is -0.446. The Bertz CT molecular complexity index is 622. The topological polar surface area (TPSA) is 26.0 Å². The normalized spacial score (nSPS) is 12.5. The lowest BCUT2D eigenvalue weighted by Crippen LogP contribution is -2.15. The van der Waals surface area contributed by atoms with E-state index >= 15 is 0 Å². The molecule has 0 saturated heterocycles. The van der Waals surface area contributed by atoms with E-state index in [0.29, 0.717) is 16.5 Å². The Balaban J connectivity index is 2.28. The maximum Gasteiger partial charge on any atom is 0.147 e. The van der Waals surface area contributed by atoms with E-state index in [9.17, 15) is 4.39 Å². The number of benzene rings is 2. The van der Waals surface area contributed by atoms with E-state index in [1.807, 2.05) is 13.8 Å². The first-order valence-electron chi connectivity index (χ1n) is 6.34. The molecular formula is C16H16BrClFN. The van der Waals surface area contributed by atoms with Gasteiger partial charge >= 0.3 is 0 Å². The van der Waals surface area contributed by atoms with Gasteiger partial charge < -0.3 is 5.73 Å². The van der Waals surface area contributed by atoms with Crippen molar-refractivity contribution in [3.8, 4) is 0 Å². The second-order valence-electron chi connectivity index (χ2n) is 5.07. The van der Waals surface area contributed by atoms with Crippen molar-refractivity contribution in [3.05, 3.63) is 67.9 Å². The smallest absolute Gasteiger partial charge is 0.147 e. The van der Waals surface area contributed by atoms with Gasteiger partial charge in [-0.2, -0.15) is 0 Å². The van der Waals surface area contributed by atoms with Crippen molar-refractivity contribution >= 4 is 27.5 Å². The molecule has 1 atom stereocenters. The molecule has 2 rings (SSSR count). The lowest BCUT2D eigenvalue weighted by atomic mass is 9.97. The van der Waals surface area contributed by atoms with Crippen LogP contribution in [0.25, 0.3) is 0 Å². The highest BCUT2D eigenvalue weighted by Gasteiger charge is 2.16. The third-order valence-corrected chi connectivity index (χ3v) is 4.46. The molecule has 1 nitrogen and oxygen atoms in total. The Morgan fingerprint density at radius 1 is 1.20 bits per heavy atom. The summed E-state index contributed by atoms with van der Waals surface area (Å²) in [5.41, 5.74) is 10.0. The number of rotatable bonds is 3. The van der Waals surface area contributed by atoms with Gasteiger partial charge in [0.05, 0.1) is 5.02 Å². The van der Waals surface area contributed by atoms with E-state index in [1.165, 1.54) is 11.1 Å². The van der Waals surface area contributed by atoms with Crippen LogP contribution in [0, 0.1) is 19.7 Å². The molecule has 0 bridgehead atoms. The van der Waals surface area contributed by atoms with Gasteiger partial charge in [0.1, 0.15) is 5.82 Å². The summed E-state index contributed by atoms with van der Waals surface area (Å²) < 4.78 is 14.7. The lowest BCUT2D eigenvalue weighted by molar-refractivity contribution is 0.580. The van der Waals surface area contributed by atoms with Gasteiger partial charge in [0.15, 0.2) is 0 Å². The molecule has 2 aromatic rings. The van der Waals surface area contributed by atoms with Gasteiger partial charge in [-0.25, -0.2) is 4.39 Å². The van der Waals surface area contributed by atoms with Gasteiger partial charge in [0.25, 0.3) is 0 Å². The molecule has 0 amide bonds. The molecule has 0 aliphatic carbocycles. The molecule has 0 aliphatic rings. The van der Waals surface area contributed by atoms with Crippen molar-refractivity contribution in [1.82, 2.24) is 0 Å². The molecule has 2 N–H and O–H groups in total. The maximum atomic E-state index is 14.1. The van der Waals surface area contributed by atoms with Crippen LogP contribution in [0.2, 0.25) is 5.02 Å². The van der Waals surface area contributed by atoms with Gasteiger partial charge in [-0.1, -0.05) is 47.0 Å². The van der Waals surface area contributed by atoms with Crippen LogP contribution in [-0.4, -0.2) is 0 Å². The van der Waals surface area contributed by atoms with Crippen LogP contribution in [0.5, 0.6) is 0 Å². The minimum atomic E-state index is -0.446. The molecule has 0 fully saturated rings. The van der Waals surface area contributed by atoms with Crippen molar-refractivity contribution in [2.75, 3.05) is 0 Å². The fourth-order valence-corrected chi connectivity index (χ4v) is 2.86. The van der Waals surface area contributed by atoms with Crippen molar-refractivity contribution in [2.24, 2.45) is 5.73 Å². The fourth-order valence-electron chi connectivity index (χ4n) is 2.38. The van der Waals surface area contributed by atoms with Crippen molar-refractivity contribution < 1.29 is 4.39 Å². The van der Waals surface area contributed by atoms with E-state index < -0.39 is 11.9 Å². The van der Waals surface area contributed by atoms with Crippen LogP contribution in [-0.2, 0) is 6.42 Å². The largest absolute Gasteiger partial charge is 0.324 e. The molecule has 1 unspecified atom stereocenters. The van der Waals surface area contributed by atoms with Gasteiger partial charge in [0, 0.05) is 16.1 Å². The highest BCUT2D eigenvalue weighted by Crippen LogP contribution is 2.31. The number of halogens is 3. The standard InChI is InChI=1S/C16H16BrClFN/c1-9-5-10(2)7-11(6-9)8-14(20)12-3-4-13(17)15(18)16(12)19/h3-7,14H,8,20H2,1-2H3. The van der Waals surface area contributed by atoms with E-state index in [1.54, 1.807) is 12.1 Å². The second kappa shape index (κ2) is 6.25. The monoisotopic (exact) mass is 355 g/mol. The first kappa shape index (κ1) is 15.5. The maximum absolute atomic E-state index is 14.1. The summed E-state index contributed by atoms with van der Waals surface area (Å²) >= 11 is 9.11. The predicted octanol–water partition coefficient (Wildman–Crippen LogP) is 5.10. The van der Waals surface area contributed by atoms with Gasteiger partial charge in [0.2, 0.25) is 0 Å². The Morgan fingerprint density at radius 2 is 1.80 bits per heavy atom. The predicted molar refractivity (Wildman–Crippen MR) is 85.7 cm³/mol. The number of nitrogens with two attached hydrogens (primary N) is 1. The number of hydrogen-bond donors (Lipinski definition) is 1. The molecule has 0 aromatic heterocycles. The average molecular weight is 357 g/mol. The Hall–Kier alpha value is -0.900. The molecular weight excluding hydrogens is 341 g/mol. The summed E-state index contributed by atoms with van der Waals surface area (Å²) in [6.07, 6.45) is 0.581. The summed E-state index contributed by atoms with van der Waals surface area (Å²) in [5, 5.41) is 0.0818. The van der Waals surface area contributed by atoms with Crippen LogP contribution >= 0.6 is 27.5 Å². The Kier molecular flexibility index (Phi) is 4.84. The van der Waals surface area contributed by atoms with Gasteiger partial charge in [-0.15, -0.1) is 0 Å². The minimum Gasteiger partial charge on any atom is -0.324 e. The zero-order valence-electron chi connectivity index (χ0n) is 11.4. The summed E-state index contributed by atoms with van der Waals surface area (Å²) in [6.45, 7) is 4.08. The van der Waals surface area contributed by atoms with E-state index in [0.717, 1.165) is 5.56 Å². The average Bonchev–Trinajstić information content (AvgIpc) is 2.34. The first-order chi connectivity index (χ1) is 9.38. The molecule has 2 aromatic carbocycles. The summed E-state index contributed by atoms with van der Waals surface area (Å²) in [7, 11) is 0. The van der Waals surface area contributed by atoms with Crippen molar-refractivity contribution in [3.63, 3.8) is 0 Å². The molecule has 4 heteroatoms. The molecule has 0 aliphatic heterocycles. The Labute approximate surface area is 132 Å². The zero-order valence-corrected chi connectivity index (χ0v) is 13.7. The summed E-state index contributed by atoms with van der Waals surface area (Å²) in [4.78, 5) is 0. The molecule has 0 spiro atoms. The Morgan fingerprint density at radius 3 is 2.40 bits per heavy atom. The van der Waals surface area contributed by atoms with Gasteiger partial charge in [-0.05, 0) is 47.8 Å². The zero-order chi connectivity index (χ0) is 14.9. The van der Waals surface area contributed by atoms with E-state index in [-0.39, 0.29) is 5.02 Å². The second-order valence-corrected chi connectivity index (χ2v) is 6.30. The third-order valence-electron chi connectivity index (χ3n) is 3.20. The van der Waals surface area contributed by atoms with E-state index in [4.69, 9.17) is 17.3 Å². The first-order valence-corrected chi connectivity index (χ1v) is 7.51. The van der Waals surface area contributed by atoms with E-state index in [2.05, 4.69) is 34.1 Å². The minimum absolute atomic E-state index is 0.0818. The van der Waals surface area contributed by atoms with Crippen molar-refractivity contribution in [1.29, 1.82) is 0 Å². The van der Waals surface area contributed by atoms with Crippen LogP contribution in [0.1, 0.15) is 28.3 Å². The highest BCUT2D eigenvalue weighted by molar-refractivity contribution is 9.10. The van der Waals surface area contributed by atoms with Crippen LogP contribution in [0.3, 0.4) is 0 Å². The molecule has 0 radical (unpaired) electrons. The van der Waals surface area contributed by atoms with Crippen LogP contribution in [0.4, 0.5) is 4.39 Å². The summed E-state index contributed by atoms with van der Waals surface area (Å²) in [6, 6.07) is 9.24. The quantitative estimate of drug-likeness (QED) is 0.761. The third kappa shape index (κ3) is 3.40. The fraction of sp³-hybridized carbons (Fsp3) is 0.250.